The number of nitrogens with one attached hydrogen (secondary N) is 1. The van der Waals surface area contributed by atoms with E-state index in [1.54, 1.807) is 0 Å². The van der Waals surface area contributed by atoms with E-state index in [0.717, 1.165) is 69.4 Å². The zero-order valence-corrected chi connectivity index (χ0v) is 19.7. The van der Waals surface area contributed by atoms with Crippen molar-refractivity contribution in [2.75, 3.05) is 31.1 Å². The second kappa shape index (κ2) is 8.81. The topological polar surface area (TPSA) is 65.5 Å². The first kappa shape index (κ1) is 21.9. The van der Waals surface area contributed by atoms with Crippen molar-refractivity contribution in [2.45, 2.75) is 52.0 Å². The van der Waals surface area contributed by atoms with E-state index >= 15 is 0 Å². The minimum absolute atomic E-state index is 0.0186. The van der Waals surface area contributed by atoms with Crippen molar-refractivity contribution in [2.24, 2.45) is 11.3 Å². The second-order valence-electron chi connectivity index (χ2n) is 10.3. The van der Waals surface area contributed by atoms with Crippen LogP contribution >= 0.6 is 0 Å². The number of aryl methyl sites for hydroxylation is 1. The van der Waals surface area contributed by atoms with E-state index in [4.69, 9.17) is 0 Å². The lowest BCUT2D eigenvalue weighted by Gasteiger charge is -2.40. The number of aromatic nitrogens is 1. The Morgan fingerprint density at radius 3 is 2.52 bits per heavy atom. The maximum absolute atomic E-state index is 13.4. The van der Waals surface area contributed by atoms with Gasteiger partial charge in [-0.15, -0.1) is 0 Å². The number of likely N-dealkylation sites (tertiary alicyclic amines) is 1. The number of amides is 2. The summed E-state index contributed by atoms with van der Waals surface area (Å²) in [6, 6.07) is 10.3. The van der Waals surface area contributed by atoms with Crippen LogP contribution in [0.1, 0.15) is 67.1 Å². The number of nitrogens with zero attached hydrogens (tertiary/aromatic N) is 3. The Balaban J connectivity index is 1.24. The van der Waals surface area contributed by atoms with Crippen LogP contribution in [0.3, 0.4) is 0 Å². The van der Waals surface area contributed by atoms with Gasteiger partial charge < -0.3 is 15.1 Å². The number of rotatable bonds is 4. The average molecular weight is 447 g/mol. The van der Waals surface area contributed by atoms with Gasteiger partial charge >= 0.3 is 0 Å². The van der Waals surface area contributed by atoms with Crippen LogP contribution in [0.2, 0.25) is 0 Å². The number of benzene rings is 1. The highest BCUT2D eigenvalue weighted by Gasteiger charge is 2.42. The molecule has 1 atom stereocenters. The highest BCUT2D eigenvalue weighted by Crippen LogP contribution is 2.42. The third kappa shape index (κ3) is 4.35. The number of carbonyl (C=O) groups is 2. The van der Waals surface area contributed by atoms with Crippen molar-refractivity contribution in [3.63, 3.8) is 0 Å². The molecule has 1 aromatic heterocycles. The number of fused-ring (bicyclic) bond motifs is 1. The lowest BCUT2D eigenvalue weighted by molar-refractivity contribution is -0.124. The Kier molecular flexibility index (Phi) is 5.85. The number of hydrogen-bond donors (Lipinski definition) is 1. The minimum atomic E-state index is -0.0374. The molecule has 3 heterocycles. The first-order chi connectivity index (χ1) is 15.9. The molecule has 5 rings (SSSR count). The number of pyridine rings is 1. The van der Waals surface area contributed by atoms with E-state index in [0.29, 0.717) is 0 Å². The molecule has 1 N–H and O–H groups in total. The molecule has 2 fully saturated rings. The van der Waals surface area contributed by atoms with Crippen LogP contribution in [0.5, 0.6) is 0 Å². The molecule has 1 aliphatic carbocycles. The van der Waals surface area contributed by atoms with Crippen molar-refractivity contribution in [3.8, 4) is 0 Å². The Bertz CT molecular complexity index is 1030. The van der Waals surface area contributed by atoms with Crippen LogP contribution in [-0.2, 0) is 11.2 Å². The van der Waals surface area contributed by atoms with Crippen LogP contribution < -0.4 is 10.2 Å². The number of anilines is 1. The van der Waals surface area contributed by atoms with Gasteiger partial charge in [0, 0.05) is 55.7 Å². The van der Waals surface area contributed by atoms with Gasteiger partial charge in [0.05, 0.1) is 6.04 Å². The van der Waals surface area contributed by atoms with Crippen molar-refractivity contribution in [1.29, 1.82) is 0 Å². The molecule has 174 valence electrons. The summed E-state index contributed by atoms with van der Waals surface area (Å²) in [4.78, 5) is 34.3. The van der Waals surface area contributed by atoms with E-state index in [1.165, 1.54) is 11.3 Å². The molecule has 3 aliphatic rings. The minimum Gasteiger partial charge on any atom is -0.371 e. The van der Waals surface area contributed by atoms with Crippen LogP contribution in [0.25, 0.3) is 0 Å². The summed E-state index contributed by atoms with van der Waals surface area (Å²) in [6.07, 6.45) is 8.89. The molecule has 1 spiro atoms. The molecule has 0 radical (unpaired) electrons. The average Bonchev–Trinajstić information content (AvgIpc) is 3.44. The Morgan fingerprint density at radius 1 is 1.06 bits per heavy atom. The van der Waals surface area contributed by atoms with Crippen LogP contribution in [0.4, 0.5) is 5.69 Å². The predicted octanol–water partition coefficient (Wildman–Crippen LogP) is 3.97. The summed E-state index contributed by atoms with van der Waals surface area (Å²) >= 11 is 0. The molecule has 2 saturated heterocycles. The number of hydrogen-bond acceptors (Lipinski definition) is 4. The molecule has 2 aliphatic heterocycles. The summed E-state index contributed by atoms with van der Waals surface area (Å²) in [5.41, 5.74) is 4.61. The maximum atomic E-state index is 13.4. The molecular weight excluding hydrogens is 412 g/mol. The van der Waals surface area contributed by atoms with Crippen molar-refractivity contribution in [3.05, 3.63) is 59.4 Å². The predicted molar refractivity (Wildman–Crippen MR) is 129 cm³/mol. The van der Waals surface area contributed by atoms with Gasteiger partial charge in [-0.1, -0.05) is 19.9 Å². The smallest absolute Gasteiger partial charge is 0.253 e. The lowest BCUT2D eigenvalue weighted by atomic mass is 9.77. The van der Waals surface area contributed by atoms with E-state index in [2.05, 4.69) is 38.3 Å². The van der Waals surface area contributed by atoms with Gasteiger partial charge in [-0.25, -0.2) is 0 Å². The fourth-order valence-electron chi connectivity index (χ4n) is 5.72. The van der Waals surface area contributed by atoms with Crippen molar-refractivity contribution < 1.29 is 9.59 Å². The summed E-state index contributed by atoms with van der Waals surface area (Å²) in [5, 5.41) is 3.16. The molecule has 33 heavy (non-hydrogen) atoms. The normalized spacial score (nSPS) is 21.5. The van der Waals surface area contributed by atoms with E-state index in [-0.39, 0.29) is 29.2 Å². The first-order valence-corrected chi connectivity index (χ1v) is 12.3. The standard InChI is InChI=1S/C27H34N4O2/c1-19(2)25(32)29-24-6-5-20-3-4-21(17-23(20)24)26(33)31-16-11-27(18-31)9-14-30(15-10-27)22-7-12-28-13-8-22/h3-4,7-8,12-13,17,19,24H,5-6,9-11,14-16,18H2,1-2H3,(H,29,32). The van der Waals surface area contributed by atoms with Gasteiger partial charge in [-0.2, -0.15) is 0 Å². The molecule has 1 unspecified atom stereocenters. The monoisotopic (exact) mass is 446 g/mol. The molecule has 6 heteroatoms. The zero-order chi connectivity index (χ0) is 23.0. The summed E-state index contributed by atoms with van der Waals surface area (Å²) in [5.74, 6) is 0.167. The fraction of sp³-hybridized carbons (Fsp3) is 0.519. The first-order valence-electron chi connectivity index (χ1n) is 12.3. The Morgan fingerprint density at radius 2 is 1.79 bits per heavy atom. The molecule has 6 nitrogen and oxygen atoms in total. The largest absolute Gasteiger partial charge is 0.371 e. The van der Waals surface area contributed by atoms with E-state index in [9.17, 15) is 9.59 Å². The highest BCUT2D eigenvalue weighted by molar-refractivity contribution is 5.95. The van der Waals surface area contributed by atoms with E-state index < -0.39 is 0 Å². The summed E-state index contributed by atoms with van der Waals surface area (Å²) in [7, 11) is 0. The quantitative estimate of drug-likeness (QED) is 0.772. The molecule has 0 bridgehead atoms. The van der Waals surface area contributed by atoms with Gasteiger partial charge in [0.25, 0.3) is 5.91 Å². The second-order valence-corrected chi connectivity index (χ2v) is 10.3. The Hall–Kier alpha value is -2.89. The van der Waals surface area contributed by atoms with E-state index in [1.807, 2.05) is 38.4 Å². The number of piperidine rings is 1. The fourth-order valence-corrected chi connectivity index (χ4v) is 5.72. The third-order valence-electron chi connectivity index (χ3n) is 7.89. The number of carbonyl (C=O) groups excluding carboxylic acids is 2. The van der Waals surface area contributed by atoms with Crippen molar-refractivity contribution >= 4 is 17.5 Å². The summed E-state index contributed by atoms with van der Waals surface area (Å²) < 4.78 is 0. The van der Waals surface area contributed by atoms with Crippen LogP contribution in [-0.4, -0.2) is 47.9 Å². The maximum Gasteiger partial charge on any atom is 0.253 e. The van der Waals surface area contributed by atoms with Crippen molar-refractivity contribution in [1.82, 2.24) is 15.2 Å². The Labute approximate surface area is 196 Å². The molecule has 1 aromatic carbocycles. The molecule has 2 amide bonds. The van der Waals surface area contributed by atoms with Gasteiger partial charge in [-0.3, -0.25) is 14.6 Å². The highest BCUT2D eigenvalue weighted by atomic mass is 16.2. The third-order valence-corrected chi connectivity index (χ3v) is 7.89. The van der Waals surface area contributed by atoms with Gasteiger partial charge in [0.1, 0.15) is 0 Å². The van der Waals surface area contributed by atoms with Crippen LogP contribution in [0.15, 0.2) is 42.7 Å². The van der Waals surface area contributed by atoms with Gasteiger partial charge in [-0.05, 0) is 72.9 Å². The molecular formula is C27H34N4O2. The van der Waals surface area contributed by atoms with Gasteiger partial charge in [0.2, 0.25) is 5.91 Å². The van der Waals surface area contributed by atoms with Crippen LogP contribution in [0, 0.1) is 11.3 Å². The molecule has 0 saturated carbocycles. The molecule has 2 aromatic rings. The SMILES string of the molecule is CC(C)C(=O)NC1CCc2ccc(C(=O)N3CCC4(CCN(c5ccncc5)CC4)C3)cc21. The van der Waals surface area contributed by atoms with Gasteiger partial charge in [0.15, 0.2) is 0 Å². The lowest BCUT2D eigenvalue weighted by Crippen LogP contribution is -2.42. The summed E-state index contributed by atoms with van der Waals surface area (Å²) in [6.45, 7) is 7.56. The zero-order valence-electron chi connectivity index (χ0n) is 19.7.